The van der Waals surface area contributed by atoms with Crippen LogP contribution < -0.4 is 9.62 Å². The van der Waals surface area contributed by atoms with Crippen LogP contribution in [0.25, 0.3) is 0 Å². The van der Waals surface area contributed by atoms with Crippen LogP contribution in [0.4, 0.5) is 5.69 Å². The maximum Gasteiger partial charge on any atom is 0.264 e. The first-order valence-corrected chi connectivity index (χ1v) is 14.9. The Morgan fingerprint density at radius 3 is 2.08 bits per heavy atom. The zero-order chi connectivity index (χ0) is 28.7. The van der Waals surface area contributed by atoms with E-state index < -0.39 is 28.5 Å². The zero-order valence-electron chi connectivity index (χ0n) is 21.8. The lowest BCUT2D eigenvalue weighted by molar-refractivity contribution is -0.139. The Kier molecular flexibility index (Phi) is 10.7. The minimum absolute atomic E-state index is 0.0327. The Hall–Kier alpha value is -2.78. The van der Waals surface area contributed by atoms with E-state index in [2.05, 4.69) is 5.32 Å². The van der Waals surface area contributed by atoms with Gasteiger partial charge in [0.25, 0.3) is 10.0 Å². The predicted molar refractivity (Wildman–Crippen MR) is 157 cm³/mol. The second-order valence-electron chi connectivity index (χ2n) is 8.99. The van der Waals surface area contributed by atoms with Gasteiger partial charge in [-0.15, -0.1) is 0 Å². The highest BCUT2D eigenvalue weighted by molar-refractivity contribution is 7.92. The number of rotatable bonds is 11. The molecule has 0 aliphatic rings. The average Bonchev–Trinajstić information content (AvgIpc) is 2.90. The maximum atomic E-state index is 13.9. The molecule has 0 heterocycles. The Morgan fingerprint density at radius 1 is 0.923 bits per heavy atom. The number of aryl methyl sites for hydroxylation is 1. The smallest absolute Gasteiger partial charge is 0.264 e. The van der Waals surface area contributed by atoms with Crippen molar-refractivity contribution in [3.8, 4) is 0 Å². The van der Waals surface area contributed by atoms with Gasteiger partial charge in [0.1, 0.15) is 12.6 Å². The highest BCUT2D eigenvalue weighted by Gasteiger charge is 2.33. The lowest BCUT2D eigenvalue weighted by Crippen LogP contribution is -2.51. The minimum atomic E-state index is -4.19. The number of carbonyl (C=O) groups is 2. The van der Waals surface area contributed by atoms with Crippen molar-refractivity contribution >= 4 is 62.3 Å². The van der Waals surface area contributed by atoms with Crippen molar-refractivity contribution in [1.29, 1.82) is 0 Å². The summed E-state index contributed by atoms with van der Waals surface area (Å²) in [5.41, 5.74) is 1.67. The summed E-state index contributed by atoms with van der Waals surface area (Å²) < 4.78 is 28.6. The Bertz CT molecular complexity index is 1390. The fraction of sp³-hybridized carbons (Fsp3) is 0.286. The van der Waals surface area contributed by atoms with Crippen molar-refractivity contribution in [3.05, 3.63) is 92.9 Å². The second-order valence-corrected chi connectivity index (χ2v) is 12.1. The Labute approximate surface area is 244 Å². The van der Waals surface area contributed by atoms with Gasteiger partial charge in [0, 0.05) is 33.7 Å². The first kappa shape index (κ1) is 30.8. The van der Waals surface area contributed by atoms with E-state index in [0.29, 0.717) is 39.3 Å². The van der Waals surface area contributed by atoms with E-state index in [-0.39, 0.29) is 17.3 Å². The highest BCUT2D eigenvalue weighted by atomic mass is 35.5. The van der Waals surface area contributed by atoms with Crippen LogP contribution in [0, 0.1) is 6.92 Å². The van der Waals surface area contributed by atoms with E-state index in [0.717, 1.165) is 9.87 Å². The van der Waals surface area contributed by atoms with Gasteiger partial charge in [0.05, 0.1) is 10.6 Å². The second kappa shape index (κ2) is 13.5. The largest absolute Gasteiger partial charge is 0.354 e. The van der Waals surface area contributed by atoms with Crippen molar-refractivity contribution in [2.45, 2.75) is 44.7 Å². The van der Waals surface area contributed by atoms with Crippen LogP contribution in [0.15, 0.2) is 71.6 Å². The molecule has 0 saturated heterocycles. The average molecular weight is 611 g/mol. The summed E-state index contributed by atoms with van der Waals surface area (Å²) in [7, 11) is -4.19. The van der Waals surface area contributed by atoms with E-state index in [1.165, 1.54) is 29.2 Å². The molecule has 0 aliphatic carbocycles. The normalized spacial score (nSPS) is 12.1. The summed E-state index contributed by atoms with van der Waals surface area (Å²) in [5, 5.41) is 3.82. The zero-order valence-corrected chi connectivity index (χ0v) is 24.9. The van der Waals surface area contributed by atoms with Crippen molar-refractivity contribution in [1.82, 2.24) is 10.2 Å². The lowest BCUT2D eigenvalue weighted by Gasteiger charge is -2.32. The molecule has 0 saturated carbocycles. The molecule has 0 bridgehead atoms. The molecule has 0 spiro atoms. The molecule has 3 rings (SSSR count). The van der Waals surface area contributed by atoms with E-state index >= 15 is 0 Å². The molecule has 208 valence electrons. The van der Waals surface area contributed by atoms with Crippen molar-refractivity contribution in [2.75, 3.05) is 17.4 Å². The summed E-state index contributed by atoms with van der Waals surface area (Å²) in [6.07, 6.45) is 0.712. The van der Waals surface area contributed by atoms with Gasteiger partial charge in [0.15, 0.2) is 0 Å². The van der Waals surface area contributed by atoms with Gasteiger partial charge >= 0.3 is 0 Å². The van der Waals surface area contributed by atoms with E-state index in [1.807, 2.05) is 13.8 Å². The summed E-state index contributed by atoms with van der Waals surface area (Å²) in [6, 6.07) is 16.5. The molecule has 0 fully saturated rings. The number of benzene rings is 3. The molecule has 39 heavy (non-hydrogen) atoms. The van der Waals surface area contributed by atoms with E-state index in [4.69, 9.17) is 34.8 Å². The van der Waals surface area contributed by atoms with Crippen LogP contribution in [0.1, 0.15) is 31.4 Å². The third-order valence-corrected chi connectivity index (χ3v) is 8.86. The molecule has 11 heteroatoms. The first-order valence-electron chi connectivity index (χ1n) is 12.3. The van der Waals surface area contributed by atoms with Crippen LogP contribution in [0.3, 0.4) is 0 Å². The monoisotopic (exact) mass is 609 g/mol. The highest BCUT2D eigenvalue weighted by Crippen LogP contribution is 2.28. The maximum absolute atomic E-state index is 13.9. The lowest BCUT2D eigenvalue weighted by atomic mass is 10.1. The van der Waals surface area contributed by atoms with Gasteiger partial charge < -0.3 is 10.2 Å². The molecule has 0 aliphatic heterocycles. The topological polar surface area (TPSA) is 86.8 Å². The van der Waals surface area contributed by atoms with Crippen LogP contribution in [-0.4, -0.2) is 44.3 Å². The number of amides is 2. The van der Waals surface area contributed by atoms with Crippen molar-refractivity contribution in [3.63, 3.8) is 0 Å². The quantitative estimate of drug-likeness (QED) is 0.285. The van der Waals surface area contributed by atoms with Crippen LogP contribution >= 0.6 is 34.8 Å². The van der Waals surface area contributed by atoms with Gasteiger partial charge in [0.2, 0.25) is 11.8 Å². The number of carbonyl (C=O) groups excluding carboxylic acids is 2. The van der Waals surface area contributed by atoms with Crippen molar-refractivity contribution in [2.24, 2.45) is 0 Å². The number of halogens is 3. The van der Waals surface area contributed by atoms with E-state index in [1.54, 1.807) is 49.4 Å². The molecule has 7 nitrogen and oxygen atoms in total. The molecule has 3 aromatic rings. The molecule has 1 atom stereocenters. The van der Waals surface area contributed by atoms with Crippen LogP contribution in [-0.2, 0) is 26.2 Å². The standard InChI is InChI=1S/C28H30Cl3N3O4S/c1-4-16-32-28(36)20(3)33(17-24-25(30)6-5-7-26(24)31)27(35)18-34(22-12-8-19(2)9-13-22)39(37,38)23-14-10-21(29)11-15-23/h5-15,20H,4,16-18H2,1-3H3,(H,32,36). The minimum Gasteiger partial charge on any atom is -0.354 e. The van der Waals surface area contributed by atoms with Crippen molar-refractivity contribution < 1.29 is 18.0 Å². The number of hydrogen-bond donors (Lipinski definition) is 1. The molecular weight excluding hydrogens is 581 g/mol. The Morgan fingerprint density at radius 2 is 1.51 bits per heavy atom. The molecule has 0 radical (unpaired) electrons. The van der Waals surface area contributed by atoms with Crippen LogP contribution in [0.2, 0.25) is 15.1 Å². The molecule has 2 amide bonds. The van der Waals surface area contributed by atoms with Crippen LogP contribution in [0.5, 0.6) is 0 Å². The number of nitrogens with one attached hydrogen (secondary N) is 1. The number of nitrogens with zero attached hydrogens (tertiary/aromatic N) is 2. The van der Waals surface area contributed by atoms with E-state index in [9.17, 15) is 18.0 Å². The molecule has 0 aromatic heterocycles. The van der Waals surface area contributed by atoms with Gasteiger partial charge in [-0.2, -0.15) is 0 Å². The third-order valence-electron chi connectivity index (χ3n) is 6.11. The SMILES string of the molecule is CCCNC(=O)C(C)N(Cc1c(Cl)cccc1Cl)C(=O)CN(c1ccc(C)cc1)S(=O)(=O)c1ccc(Cl)cc1. The fourth-order valence-electron chi connectivity index (χ4n) is 3.81. The van der Waals surface area contributed by atoms with Gasteiger partial charge in [-0.05, 0) is 68.8 Å². The molecule has 1 N–H and O–H groups in total. The molecule has 3 aromatic carbocycles. The van der Waals surface area contributed by atoms with Gasteiger partial charge in [-0.25, -0.2) is 8.42 Å². The Balaban J connectivity index is 2.05. The molecular formula is C28H30Cl3N3O4S. The third kappa shape index (κ3) is 7.66. The number of hydrogen-bond acceptors (Lipinski definition) is 4. The summed E-state index contributed by atoms with van der Waals surface area (Å²) in [5.74, 6) is -0.987. The fourth-order valence-corrected chi connectivity index (χ4v) is 5.86. The summed E-state index contributed by atoms with van der Waals surface area (Å²) in [4.78, 5) is 28.1. The number of anilines is 1. The predicted octanol–water partition coefficient (Wildman–Crippen LogP) is 6.09. The first-order chi connectivity index (χ1) is 18.4. The summed E-state index contributed by atoms with van der Waals surface area (Å²) in [6.45, 7) is 5.13. The van der Waals surface area contributed by atoms with Gasteiger partial charge in [-0.1, -0.05) is 65.5 Å². The van der Waals surface area contributed by atoms with Gasteiger partial charge in [-0.3, -0.25) is 13.9 Å². The summed E-state index contributed by atoms with van der Waals surface area (Å²) >= 11 is 18.8. The number of sulfonamides is 1. The molecule has 1 unspecified atom stereocenters.